The van der Waals surface area contributed by atoms with Crippen LogP contribution in [0, 0.1) is 6.92 Å². The molecule has 0 fully saturated rings. The Labute approximate surface area is 62.5 Å². The molecule has 0 unspecified atom stereocenters. The molecule has 0 bridgehead atoms. The summed E-state index contributed by atoms with van der Waals surface area (Å²) in [5.74, 6) is -0.186. The predicted molar refractivity (Wildman–Crippen MR) is 41.5 cm³/mol. The monoisotopic (exact) mass is 143 g/mol. The van der Waals surface area contributed by atoms with Gasteiger partial charge in [0.1, 0.15) is 0 Å². The van der Waals surface area contributed by atoms with E-state index < -0.39 is 0 Å². The molecule has 2 nitrogen and oxygen atoms in total. The zero-order chi connectivity index (χ0) is 7.82. The summed E-state index contributed by atoms with van der Waals surface area (Å²) in [7, 11) is 0. The summed E-state index contributed by atoms with van der Waals surface area (Å²) in [5.41, 5.74) is 0. The highest BCUT2D eigenvalue weighted by atomic mass is 16.6. The van der Waals surface area contributed by atoms with Crippen molar-refractivity contribution in [3.05, 3.63) is 19.4 Å². The van der Waals surface area contributed by atoms with E-state index in [1.54, 1.807) is 0 Å². The summed E-state index contributed by atoms with van der Waals surface area (Å²) >= 11 is 0. The van der Waals surface area contributed by atoms with Crippen LogP contribution in [0.3, 0.4) is 0 Å². The minimum atomic E-state index is -0.186. The Morgan fingerprint density at radius 3 is 2.60 bits per heavy atom. The van der Waals surface area contributed by atoms with Crippen LogP contribution in [-0.4, -0.2) is 11.7 Å². The molecule has 0 atom stereocenters. The second-order valence-corrected chi connectivity index (χ2v) is 2.16. The van der Waals surface area contributed by atoms with Crippen molar-refractivity contribution in [1.82, 2.24) is 0 Å². The summed E-state index contributed by atoms with van der Waals surface area (Å²) < 4.78 is 4.73. The molecule has 2 heteroatoms. The molecule has 0 aromatic heterocycles. The van der Waals surface area contributed by atoms with E-state index in [-0.39, 0.29) is 5.95 Å². The van der Waals surface area contributed by atoms with Crippen LogP contribution in [-0.2, 0) is 4.74 Å². The summed E-state index contributed by atoms with van der Waals surface area (Å²) in [6.07, 6.45) is 4.17. The molecule has 0 amide bonds. The molecule has 0 heterocycles. The SMILES string of the molecule is C=C(O)OCCCCC[CH2+]. The maximum atomic E-state index is 8.48. The summed E-state index contributed by atoms with van der Waals surface area (Å²) in [6, 6.07) is 0. The molecule has 0 rings (SSSR count). The van der Waals surface area contributed by atoms with E-state index in [0.717, 1.165) is 25.7 Å². The summed E-state index contributed by atoms with van der Waals surface area (Å²) in [5, 5.41) is 8.48. The summed E-state index contributed by atoms with van der Waals surface area (Å²) in [4.78, 5) is 0. The lowest BCUT2D eigenvalue weighted by molar-refractivity contribution is 0.0927. The highest BCUT2D eigenvalue weighted by Gasteiger charge is 1.90. The third kappa shape index (κ3) is 7.21. The minimum absolute atomic E-state index is 0.186. The molecule has 0 saturated carbocycles. The van der Waals surface area contributed by atoms with Crippen LogP contribution in [0.5, 0.6) is 0 Å². The van der Waals surface area contributed by atoms with Crippen LogP contribution in [0.15, 0.2) is 12.5 Å². The third-order valence-electron chi connectivity index (χ3n) is 1.16. The quantitative estimate of drug-likeness (QED) is 0.351. The molecule has 0 spiro atoms. The molecule has 0 aliphatic carbocycles. The topological polar surface area (TPSA) is 29.5 Å². The molecule has 0 aliphatic rings. The lowest BCUT2D eigenvalue weighted by Crippen LogP contribution is -1.92. The average Bonchev–Trinajstić information content (AvgIpc) is 1.87. The van der Waals surface area contributed by atoms with Gasteiger partial charge in [0.15, 0.2) is 0 Å². The maximum Gasteiger partial charge on any atom is 0.268 e. The predicted octanol–water partition coefficient (Wildman–Crippen LogP) is 2.43. The van der Waals surface area contributed by atoms with Gasteiger partial charge < -0.3 is 9.84 Å². The van der Waals surface area contributed by atoms with Gasteiger partial charge >= 0.3 is 0 Å². The fourth-order valence-electron chi connectivity index (χ4n) is 0.646. The fourth-order valence-corrected chi connectivity index (χ4v) is 0.646. The number of aliphatic hydroxyl groups excluding tert-OH is 1. The van der Waals surface area contributed by atoms with Crippen molar-refractivity contribution in [3.63, 3.8) is 0 Å². The Bertz CT molecular complexity index is 89.3. The van der Waals surface area contributed by atoms with Crippen molar-refractivity contribution < 1.29 is 9.84 Å². The Hall–Kier alpha value is -0.790. The number of hydrogen-bond acceptors (Lipinski definition) is 2. The highest BCUT2D eigenvalue weighted by Crippen LogP contribution is 1.99. The van der Waals surface area contributed by atoms with Crippen molar-refractivity contribution in [3.8, 4) is 0 Å². The Morgan fingerprint density at radius 1 is 1.40 bits per heavy atom. The van der Waals surface area contributed by atoms with E-state index in [0.29, 0.717) is 6.61 Å². The molecule has 10 heavy (non-hydrogen) atoms. The molecular formula is C8H15O2+. The van der Waals surface area contributed by atoms with Gasteiger partial charge in [-0.1, -0.05) is 0 Å². The van der Waals surface area contributed by atoms with Gasteiger partial charge in [0, 0.05) is 0 Å². The first kappa shape index (κ1) is 9.21. The number of hydrogen-bond donors (Lipinski definition) is 1. The van der Waals surface area contributed by atoms with Crippen LogP contribution < -0.4 is 0 Å². The first-order valence-electron chi connectivity index (χ1n) is 3.57. The molecule has 0 radical (unpaired) electrons. The lowest BCUT2D eigenvalue weighted by atomic mass is 10.2. The van der Waals surface area contributed by atoms with Gasteiger partial charge in [-0.25, -0.2) is 0 Å². The van der Waals surface area contributed by atoms with E-state index in [9.17, 15) is 0 Å². The van der Waals surface area contributed by atoms with E-state index in [2.05, 4.69) is 13.5 Å². The van der Waals surface area contributed by atoms with E-state index >= 15 is 0 Å². The van der Waals surface area contributed by atoms with Crippen LogP contribution in [0.4, 0.5) is 0 Å². The van der Waals surface area contributed by atoms with Crippen molar-refractivity contribution in [1.29, 1.82) is 0 Å². The molecule has 58 valence electrons. The Kier molecular flexibility index (Phi) is 5.83. The number of ether oxygens (including phenoxy) is 1. The molecule has 0 aliphatic heterocycles. The van der Waals surface area contributed by atoms with E-state index in [1.165, 1.54) is 0 Å². The van der Waals surface area contributed by atoms with Gasteiger partial charge in [-0.2, -0.15) is 0 Å². The fraction of sp³-hybridized carbons (Fsp3) is 0.625. The number of aliphatic hydroxyl groups is 1. The molecular weight excluding hydrogens is 128 g/mol. The van der Waals surface area contributed by atoms with Crippen molar-refractivity contribution in [2.24, 2.45) is 0 Å². The third-order valence-corrected chi connectivity index (χ3v) is 1.16. The number of unbranched alkanes of at least 4 members (excludes halogenated alkanes) is 3. The normalized spacial score (nSPS) is 9.20. The highest BCUT2D eigenvalue weighted by molar-refractivity contribution is 4.61. The average molecular weight is 143 g/mol. The smallest absolute Gasteiger partial charge is 0.268 e. The Balaban J connectivity index is 2.84. The van der Waals surface area contributed by atoms with Crippen LogP contribution in [0.1, 0.15) is 25.7 Å². The second-order valence-electron chi connectivity index (χ2n) is 2.16. The van der Waals surface area contributed by atoms with Gasteiger partial charge in [0.25, 0.3) is 5.95 Å². The van der Waals surface area contributed by atoms with Crippen LogP contribution in [0.25, 0.3) is 0 Å². The van der Waals surface area contributed by atoms with Crippen molar-refractivity contribution >= 4 is 0 Å². The molecule has 0 aromatic carbocycles. The molecule has 1 N–H and O–H groups in total. The van der Waals surface area contributed by atoms with Gasteiger partial charge in [-0.3, -0.25) is 0 Å². The standard InChI is InChI=1S/C8H14O2/c1-3-4-5-6-7-10-8(2)9/h1-7H2/p+1. The van der Waals surface area contributed by atoms with Crippen molar-refractivity contribution in [2.75, 3.05) is 6.61 Å². The zero-order valence-corrected chi connectivity index (χ0v) is 6.31. The van der Waals surface area contributed by atoms with Crippen LogP contribution >= 0.6 is 0 Å². The van der Waals surface area contributed by atoms with Crippen LogP contribution in [0.2, 0.25) is 0 Å². The van der Waals surface area contributed by atoms with Gasteiger partial charge in [-0.05, 0) is 25.8 Å². The van der Waals surface area contributed by atoms with Gasteiger partial charge in [-0.15, -0.1) is 0 Å². The maximum absolute atomic E-state index is 8.48. The van der Waals surface area contributed by atoms with Gasteiger partial charge in [0.05, 0.1) is 20.0 Å². The van der Waals surface area contributed by atoms with Gasteiger partial charge in [0.2, 0.25) is 0 Å². The second kappa shape index (κ2) is 6.33. The first-order chi connectivity index (χ1) is 4.77. The largest absolute Gasteiger partial charge is 0.481 e. The number of rotatable bonds is 6. The van der Waals surface area contributed by atoms with Crippen molar-refractivity contribution in [2.45, 2.75) is 25.7 Å². The Morgan fingerprint density at radius 2 is 2.10 bits per heavy atom. The summed E-state index contributed by atoms with van der Waals surface area (Å²) in [6.45, 7) is 7.47. The van der Waals surface area contributed by atoms with E-state index in [4.69, 9.17) is 9.84 Å². The molecule has 0 aromatic rings. The lowest BCUT2D eigenvalue weighted by Gasteiger charge is -2.00. The minimum Gasteiger partial charge on any atom is -0.481 e. The zero-order valence-electron chi connectivity index (χ0n) is 6.31. The first-order valence-corrected chi connectivity index (χ1v) is 3.57. The molecule has 0 saturated heterocycles. The van der Waals surface area contributed by atoms with E-state index in [1.807, 2.05) is 0 Å².